The molecule has 0 saturated heterocycles. The van der Waals surface area contributed by atoms with Crippen molar-refractivity contribution >= 4 is 57.7 Å². The van der Waals surface area contributed by atoms with Crippen molar-refractivity contribution in [1.29, 1.82) is 0 Å². The van der Waals surface area contributed by atoms with Crippen molar-refractivity contribution in [2.24, 2.45) is 0 Å². The minimum Gasteiger partial charge on any atom is -0.497 e. The number of hydrogen-bond donors (Lipinski definition) is 3. The molecule has 11 heteroatoms. The summed E-state index contributed by atoms with van der Waals surface area (Å²) in [4.78, 5) is 43.7. The van der Waals surface area contributed by atoms with Crippen molar-refractivity contribution in [3.8, 4) is 17.0 Å². The van der Waals surface area contributed by atoms with Crippen LogP contribution in [0.15, 0.2) is 118 Å². The molecule has 0 aliphatic rings. The molecule has 2 aromatic heterocycles. The van der Waals surface area contributed by atoms with E-state index in [2.05, 4.69) is 20.9 Å². The SMILES string of the molecule is COc1ccc(-c2csc(NC(=O)CSc3ccc(NC(=O)/C(=C/c4ccco4)NC(=O)c4ccccc4)cc3)n2)cc1. The van der Waals surface area contributed by atoms with E-state index in [4.69, 9.17) is 9.15 Å². The van der Waals surface area contributed by atoms with Gasteiger partial charge in [-0.15, -0.1) is 23.1 Å². The van der Waals surface area contributed by atoms with Crippen LogP contribution < -0.4 is 20.7 Å². The maximum absolute atomic E-state index is 13.1. The molecule has 0 aliphatic carbocycles. The van der Waals surface area contributed by atoms with Gasteiger partial charge in [0.15, 0.2) is 5.13 Å². The second kappa shape index (κ2) is 14.2. The standard InChI is InChI=1S/C32H26N4O5S2/c1-40-24-13-9-21(10-14-24)28-19-43-32(35-28)36-29(37)20-42-26-15-11-23(12-16-26)33-31(39)27(18-25-8-5-17-41-25)34-30(38)22-6-3-2-4-7-22/h2-19H,20H2,1H3,(H,33,39)(H,34,38)(H,35,36,37)/b27-18-. The molecule has 0 bridgehead atoms. The Morgan fingerprint density at radius 1 is 0.930 bits per heavy atom. The summed E-state index contributed by atoms with van der Waals surface area (Å²) in [6, 6.07) is 26.6. The first-order valence-electron chi connectivity index (χ1n) is 13.0. The summed E-state index contributed by atoms with van der Waals surface area (Å²) in [6.07, 6.45) is 2.94. The van der Waals surface area contributed by atoms with Crippen LogP contribution in [0.3, 0.4) is 0 Å². The highest BCUT2D eigenvalue weighted by Gasteiger charge is 2.16. The minimum absolute atomic E-state index is 0.0243. The average Bonchev–Trinajstić information content (AvgIpc) is 3.73. The number of carbonyl (C=O) groups is 3. The molecule has 43 heavy (non-hydrogen) atoms. The normalized spacial score (nSPS) is 11.0. The molecular formula is C32H26N4O5S2. The molecule has 9 nitrogen and oxygen atoms in total. The number of thioether (sulfide) groups is 1. The molecule has 216 valence electrons. The molecule has 0 unspecified atom stereocenters. The lowest BCUT2D eigenvalue weighted by atomic mass is 10.2. The number of ether oxygens (including phenoxy) is 1. The van der Waals surface area contributed by atoms with E-state index in [1.54, 1.807) is 73.8 Å². The van der Waals surface area contributed by atoms with E-state index in [0.29, 0.717) is 22.1 Å². The summed E-state index contributed by atoms with van der Waals surface area (Å²) in [5.74, 6) is 0.244. The molecule has 2 heterocycles. The summed E-state index contributed by atoms with van der Waals surface area (Å²) in [6.45, 7) is 0. The van der Waals surface area contributed by atoms with Gasteiger partial charge in [-0.05, 0) is 72.8 Å². The van der Waals surface area contributed by atoms with Gasteiger partial charge >= 0.3 is 0 Å². The summed E-state index contributed by atoms with van der Waals surface area (Å²) in [5, 5.41) is 10.7. The highest BCUT2D eigenvalue weighted by molar-refractivity contribution is 8.00. The number of aromatic nitrogens is 1. The molecular weight excluding hydrogens is 585 g/mol. The molecule has 5 aromatic rings. The van der Waals surface area contributed by atoms with Crippen LogP contribution >= 0.6 is 23.1 Å². The quantitative estimate of drug-likeness (QED) is 0.114. The third-order valence-corrected chi connectivity index (χ3v) is 7.75. The van der Waals surface area contributed by atoms with E-state index in [0.717, 1.165) is 21.9 Å². The lowest BCUT2D eigenvalue weighted by Crippen LogP contribution is -2.30. The first-order chi connectivity index (χ1) is 21.0. The summed E-state index contributed by atoms with van der Waals surface area (Å²) >= 11 is 2.71. The van der Waals surface area contributed by atoms with Crippen molar-refractivity contribution in [1.82, 2.24) is 10.3 Å². The van der Waals surface area contributed by atoms with Gasteiger partial charge in [-0.2, -0.15) is 0 Å². The fraction of sp³-hybridized carbons (Fsp3) is 0.0625. The van der Waals surface area contributed by atoms with E-state index in [-0.39, 0.29) is 17.4 Å². The Morgan fingerprint density at radius 2 is 1.70 bits per heavy atom. The lowest BCUT2D eigenvalue weighted by molar-refractivity contribution is -0.114. The Labute approximate surface area is 256 Å². The molecule has 0 saturated carbocycles. The maximum Gasteiger partial charge on any atom is 0.272 e. The molecule has 0 spiro atoms. The lowest BCUT2D eigenvalue weighted by Gasteiger charge is -2.11. The average molecular weight is 611 g/mol. The van der Waals surface area contributed by atoms with Crippen LogP contribution in [0.1, 0.15) is 16.1 Å². The van der Waals surface area contributed by atoms with Gasteiger partial charge in [0.1, 0.15) is 17.2 Å². The van der Waals surface area contributed by atoms with Crippen LogP contribution in [0.25, 0.3) is 17.3 Å². The molecule has 0 atom stereocenters. The molecule has 0 fully saturated rings. The number of furan rings is 1. The van der Waals surface area contributed by atoms with Gasteiger partial charge < -0.3 is 25.1 Å². The van der Waals surface area contributed by atoms with Crippen LogP contribution in [-0.4, -0.2) is 35.6 Å². The van der Waals surface area contributed by atoms with Crippen LogP contribution in [0.2, 0.25) is 0 Å². The number of amides is 3. The predicted octanol–water partition coefficient (Wildman–Crippen LogP) is 6.55. The Balaban J connectivity index is 1.15. The highest BCUT2D eigenvalue weighted by Crippen LogP contribution is 2.27. The van der Waals surface area contributed by atoms with E-state index in [1.807, 2.05) is 29.6 Å². The monoisotopic (exact) mass is 610 g/mol. The molecule has 0 radical (unpaired) electrons. The predicted molar refractivity (Wildman–Crippen MR) is 169 cm³/mol. The first-order valence-corrected chi connectivity index (χ1v) is 14.9. The van der Waals surface area contributed by atoms with Gasteiger partial charge in [0.05, 0.1) is 24.8 Å². The summed E-state index contributed by atoms with van der Waals surface area (Å²) in [7, 11) is 1.62. The molecule has 0 aliphatic heterocycles. The van der Waals surface area contributed by atoms with Crippen LogP contribution in [0, 0.1) is 0 Å². The van der Waals surface area contributed by atoms with Gasteiger partial charge in [0, 0.05) is 33.2 Å². The maximum atomic E-state index is 13.1. The number of hydrogen-bond acceptors (Lipinski definition) is 8. The number of thiazole rings is 1. The van der Waals surface area contributed by atoms with Crippen molar-refractivity contribution in [3.05, 3.63) is 120 Å². The molecule has 3 N–H and O–H groups in total. The van der Waals surface area contributed by atoms with Gasteiger partial charge in [0.2, 0.25) is 5.91 Å². The van der Waals surface area contributed by atoms with E-state index in [9.17, 15) is 14.4 Å². The number of rotatable bonds is 11. The Morgan fingerprint density at radius 3 is 2.40 bits per heavy atom. The van der Waals surface area contributed by atoms with Crippen LogP contribution in [0.5, 0.6) is 5.75 Å². The van der Waals surface area contributed by atoms with Gasteiger partial charge in [-0.25, -0.2) is 4.98 Å². The number of nitrogens with one attached hydrogen (secondary N) is 3. The number of methoxy groups -OCH3 is 1. The van der Waals surface area contributed by atoms with Crippen molar-refractivity contribution in [3.63, 3.8) is 0 Å². The van der Waals surface area contributed by atoms with E-state index in [1.165, 1.54) is 35.4 Å². The highest BCUT2D eigenvalue weighted by atomic mass is 32.2. The fourth-order valence-electron chi connectivity index (χ4n) is 3.82. The smallest absolute Gasteiger partial charge is 0.272 e. The van der Waals surface area contributed by atoms with E-state index >= 15 is 0 Å². The zero-order chi connectivity index (χ0) is 30.0. The fourth-order valence-corrected chi connectivity index (χ4v) is 5.26. The Bertz CT molecular complexity index is 1720. The minimum atomic E-state index is -0.516. The van der Waals surface area contributed by atoms with Crippen molar-refractivity contribution < 1.29 is 23.5 Å². The number of nitrogens with zero attached hydrogens (tertiary/aromatic N) is 1. The zero-order valence-corrected chi connectivity index (χ0v) is 24.5. The Hall–Kier alpha value is -5.13. The third kappa shape index (κ3) is 8.22. The number of benzene rings is 3. The van der Waals surface area contributed by atoms with E-state index < -0.39 is 11.8 Å². The zero-order valence-electron chi connectivity index (χ0n) is 22.9. The molecule has 3 amide bonds. The largest absolute Gasteiger partial charge is 0.497 e. The number of anilines is 2. The van der Waals surface area contributed by atoms with Crippen LogP contribution in [0.4, 0.5) is 10.8 Å². The van der Waals surface area contributed by atoms with Crippen LogP contribution in [-0.2, 0) is 9.59 Å². The van der Waals surface area contributed by atoms with Crippen molar-refractivity contribution in [2.75, 3.05) is 23.5 Å². The second-order valence-electron chi connectivity index (χ2n) is 8.98. The second-order valence-corrected chi connectivity index (χ2v) is 10.9. The first kappa shape index (κ1) is 29.4. The molecule has 5 rings (SSSR count). The summed E-state index contributed by atoms with van der Waals surface area (Å²) in [5.41, 5.74) is 2.66. The number of carbonyl (C=O) groups excluding carboxylic acids is 3. The van der Waals surface area contributed by atoms with Gasteiger partial charge in [-0.1, -0.05) is 18.2 Å². The van der Waals surface area contributed by atoms with Gasteiger partial charge in [0.25, 0.3) is 11.8 Å². The topological polar surface area (TPSA) is 123 Å². The third-order valence-electron chi connectivity index (χ3n) is 5.98. The van der Waals surface area contributed by atoms with Gasteiger partial charge in [-0.3, -0.25) is 14.4 Å². The summed E-state index contributed by atoms with van der Waals surface area (Å²) < 4.78 is 10.5. The molecule has 3 aromatic carbocycles. The van der Waals surface area contributed by atoms with Crippen molar-refractivity contribution in [2.45, 2.75) is 4.90 Å². The Kier molecular flexibility index (Phi) is 9.67.